The summed E-state index contributed by atoms with van der Waals surface area (Å²) in [7, 11) is 0. The van der Waals surface area contributed by atoms with Crippen LogP contribution in [0, 0.1) is 3.29 Å². The Balaban J connectivity index is -0.000000270. The number of rotatable bonds is 2. The van der Waals surface area contributed by atoms with Crippen molar-refractivity contribution < 1.29 is 63.5 Å². The molecule has 0 amide bonds. The van der Waals surface area contributed by atoms with Crippen molar-refractivity contribution in [2.75, 3.05) is 0 Å². The second-order valence-corrected chi connectivity index (χ2v) is 2.52. The maximum atomic E-state index is 6.89. The molecule has 12 heavy (non-hydrogen) atoms. The molecule has 6 heteroatoms. The van der Waals surface area contributed by atoms with E-state index in [2.05, 4.69) is 0 Å². The van der Waals surface area contributed by atoms with Gasteiger partial charge >= 0.3 is 65.7 Å². The second-order valence-electron chi connectivity index (χ2n) is 1.52. The fourth-order valence-corrected chi connectivity index (χ4v) is 1.17. The van der Waals surface area contributed by atoms with Crippen LogP contribution in [0.25, 0.3) is 0 Å². The zero-order chi connectivity index (χ0) is 6.53. The number of para-hydroxylation sites is 1. The Morgan fingerprint density at radius 2 is 1.50 bits per heavy atom. The van der Waals surface area contributed by atoms with Crippen LogP contribution in [-0.4, -0.2) is 0 Å². The van der Waals surface area contributed by atoms with Gasteiger partial charge in [0.1, 0.15) is 0 Å². The second kappa shape index (κ2) is 11.6. The molecule has 0 unspecified atom stereocenters. The van der Waals surface area contributed by atoms with Crippen molar-refractivity contribution in [2.24, 2.45) is 0 Å². The third kappa shape index (κ3) is 7.23. The number of hydrogen-bond acceptors (Lipinski definition) is 2. The topological polar surface area (TPSA) is 33.1 Å². The molecule has 0 spiro atoms. The normalized spacial score (nSPS) is 7.00. The molecule has 0 saturated heterocycles. The van der Waals surface area contributed by atoms with E-state index in [4.69, 9.17) is 6.10 Å². The third-order valence-electron chi connectivity index (χ3n) is 0.912. The van der Waals surface area contributed by atoms with Gasteiger partial charge in [-0.05, 0) is 0 Å². The van der Waals surface area contributed by atoms with Gasteiger partial charge in [0.05, 0.1) is 0 Å². The van der Waals surface area contributed by atoms with Gasteiger partial charge in [0, 0.05) is 0 Å². The molecule has 0 fully saturated rings. The van der Waals surface area contributed by atoms with Crippen molar-refractivity contribution in [2.45, 2.75) is 0 Å². The minimum absolute atomic E-state index is 0. The van der Waals surface area contributed by atoms with Gasteiger partial charge in [0.25, 0.3) is 0 Å². The fraction of sp³-hybridized carbons (Fsp3) is 0. The summed E-state index contributed by atoms with van der Waals surface area (Å²) in [5.41, 5.74) is 0. The van der Waals surface area contributed by atoms with Crippen molar-refractivity contribution >= 4 is 0 Å². The molecule has 0 radical (unpaired) electrons. The van der Waals surface area contributed by atoms with Crippen LogP contribution in [0.1, 0.15) is 0 Å². The molecule has 2 nitrogen and oxygen atoms in total. The van der Waals surface area contributed by atoms with E-state index < -0.39 is 23.5 Å². The van der Waals surface area contributed by atoms with E-state index in [0.717, 1.165) is 5.75 Å². The molecule has 0 saturated carbocycles. The molecular formula is C6H6Cl3NOZr. The van der Waals surface area contributed by atoms with Crippen molar-refractivity contribution in [3.8, 4) is 5.75 Å². The van der Waals surface area contributed by atoms with Crippen LogP contribution in [0.3, 0.4) is 0 Å². The van der Waals surface area contributed by atoms with E-state index in [1.165, 1.54) is 0 Å². The third-order valence-corrected chi connectivity index (χ3v) is 1.74. The predicted molar refractivity (Wildman–Crippen MR) is 29.8 cm³/mol. The Kier molecular flexibility index (Phi) is 17.7. The van der Waals surface area contributed by atoms with Gasteiger partial charge in [0.2, 0.25) is 0 Å². The Labute approximate surface area is 102 Å². The average Bonchev–Trinajstić information content (AvgIpc) is 1.91. The van der Waals surface area contributed by atoms with Gasteiger partial charge in [-0.2, -0.15) is 0 Å². The predicted octanol–water partition coefficient (Wildman–Crippen LogP) is -7.16. The fourth-order valence-electron chi connectivity index (χ4n) is 0.547. The Bertz CT molecular complexity index is 197. The van der Waals surface area contributed by atoms with Gasteiger partial charge in [-0.1, -0.05) is 0 Å². The first-order valence-corrected chi connectivity index (χ1v) is 4.80. The molecule has 0 aliphatic rings. The molecule has 0 bridgehead atoms. The van der Waals surface area contributed by atoms with E-state index in [1.54, 1.807) is 0 Å². The van der Waals surface area contributed by atoms with Crippen molar-refractivity contribution in [3.63, 3.8) is 0 Å². The van der Waals surface area contributed by atoms with E-state index in [9.17, 15) is 0 Å². The molecule has 0 aliphatic heterocycles. The molecule has 1 N–H and O–H groups in total. The number of halogens is 3. The Morgan fingerprint density at radius 3 is 1.92 bits per heavy atom. The summed E-state index contributed by atoms with van der Waals surface area (Å²) >= 11 is -1.26. The number of hydrogen-bond donors (Lipinski definition) is 1. The molecule has 1 rings (SSSR count). The van der Waals surface area contributed by atoms with Gasteiger partial charge in [-0.15, -0.1) is 0 Å². The summed E-state index contributed by atoms with van der Waals surface area (Å²) < 4.78 is 11.9. The standard InChI is InChI=1S/C6H6O.3ClH.HN.Zr/c7-6-4-2-1-3-5-6;;;;;/h1-5,7H;4*1H;/q;;;;;+4/p-4. The van der Waals surface area contributed by atoms with Gasteiger partial charge in [0.15, 0.2) is 0 Å². The molecule has 1 aromatic carbocycles. The minimum atomic E-state index is -1.26. The summed E-state index contributed by atoms with van der Waals surface area (Å²) in [5.74, 6) is 0.833. The zero-order valence-corrected chi connectivity index (χ0v) is 10.7. The van der Waals surface area contributed by atoms with Crippen LogP contribution < -0.4 is 40.0 Å². The van der Waals surface area contributed by atoms with Crippen LogP contribution in [0.5, 0.6) is 5.75 Å². The number of benzene rings is 1. The molecule has 0 aliphatic carbocycles. The maximum absolute atomic E-state index is 6.89. The molecule has 0 aromatic heterocycles. The van der Waals surface area contributed by atoms with E-state index in [-0.39, 0.29) is 37.2 Å². The molecular weight excluding hydrogens is 300 g/mol. The first kappa shape index (κ1) is 18.4. The first-order chi connectivity index (χ1) is 4.43. The van der Waals surface area contributed by atoms with Crippen LogP contribution >= 0.6 is 0 Å². The SMILES string of the molecule is [Cl-].[Cl-].[Cl-].[NH]=[Zr+3][O]c1ccccc1. The number of nitrogens with one attached hydrogen (secondary N) is 1. The summed E-state index contributed by atoms with van der Waals surface area (Å²) in [6, 6.07) is 9.49. The summed E-state index contributed by atoms with van der Waals surface area (Å²) in [5, 5.41) is 0. The first-order valence-electron chi connectivity index (χ1n) is 2.57. The van der Waals surface area contributed by atoms with E-state index in [0.29, 0.717) is 0 Å². The van der Waals surface area contributed by atoms with E-state index in [1.807, 2.05) is 30.3 Å². The van der Waals surface area contributed by atoms with E-state index >= 15 is 0 Å². The summed E-state index contributed by atoms with van der Waals surface area (Å²) in [4.78, 5) is 0. The van der Waals surface area contributed by atoms with Crippen LogP contribution in [0.4, 0.5) is 0 Å². The molecule has 1 aromatic rings. The molecule has 0 atom stereocenters. The average molecular weight is 306 g/mol. The van der Waals surface area contributed by atoms with Gasteiger partial charge in [-0.25, -0.2) is 0 Å². The summed E-state index contributed by atoms with van der Waals surface area (Å²) in [6.07, 6.45) is 0. The Morgan fingerprint density at radius 1 is 1.00 bits per heavy atom. The quantitative estimate of drug-likeness (QED) is 0.579. The van der Waals surface area contributed by atoms with Gasteiger partial charge in [-0.3, -0.25) is 0 Å². The van der Waals surface area contributed by atoms with Crippen LogP contribution in [0.2, 0.25) is 0 Å². The van der Waals surface area contributed by atoms with Crippen molar-refractivity contribution in [3.05, 3.63) is 30.3 Å². The van der Waals surface area contributed by atoms with Crippen LogP contribution in [0.15, 0.2) is 30.3 Å². The van der Waals surface area contributed by atoms with Crippen molar-refractivity contribution in [1.29, 1.82) is 3.29 Å². The monoisotopic (exact) mass is 303 g/mol. The molecule has 0 heterocycles. The Hall–Kier alpha value is 0.573. The summed E-state index contributed by atoms with van der Waals surface area (Å²) in [6.45, 7) is 0. The van der Waals surface area contributed by atoms with Gasteiger partial charge < -0.3 is 37.2 Å². The zero-order valence-electron chi connectivity index (χ0n) is 5.93. The van der Waals surface area contributed by atoms with Crippen LogP contribution in [-0.2, 0) is 23.5 Å². The molecule has 66 valence electrons. The van der Waals surface area contributed by atoms with Crippen molar-refractivity contribution in [1.82, 2.24) is 0 Å².